The highest BCUT2D eigenvalue weighted by atomic mass is 14.2. The van der Waals surface area contributed by atoms with Crippen molar-refractivity contribution in [1.29, 1.82) is 0 Å². The molecule has 1 aliphatic carbocycles. The van der Waals surface area contributed by atoms with E-state index in [2.05, 4.69) is 61.9 Å². The summed E-state index contributed by atoms with van der Waals surface area (Å²) in [4.78, 5) is 0. The molecule has 2 aromatic carbocycles. The summed E-state index contributed by atoms with van der Waals surface area (Å²) in [6.07, 6.45) is 11.6. The molecule has 0 aliphatic heterocycles. The molecule has 1 saturated carbocycles. The van der Waals surface area contributed by atoms with Crippen LogP contribution in [0, 0.1) is 12.3 Å². The van der Waals surface area contributed by atoms with Gasteiger partial charge in [-0.3, -0.25) is 0 Å². The van der Waals surface area contributed by atoms with Crippen molar-refractivity contribution < 1.29 is 0 Å². The Morgan fingerprint density at radius 2 is 1.32 bits per heavy atom. The molecular formula is C22H27. The Bertz CT molecular complexity index is 556. The maximum absolute atomic E-state index is 2.45. The Kier molecular flexibility index (Phi) is 5.32. The number of hydrogen-bond donors (Lipinski definition) is 0. The first-order valence-corrected chi connectivity index (χ1v) is 8.85. The van der Waals surface area contributed by atoms with E-state index in [9.17, 15) is 0 Å². The van der Waals surface area contributed by atoms with Gasteiger partial charge in [0.05, 0.1) is 0 Å². The van der Waals surface area contributed by atoms with Gasteiger partial charge in [0, 0.05) is 0 Å². The standard InChI is InChI=1S/C22H27/c1-2-18-10-14-21(15-11-18)22-16-12-20(13-17-22)9-8-19-6-4-3-5-7-19/h3,10-17,19H,2,4-9H2,1H3. The van der Waals surface area contributed by atoms with Crippen LogP contribution in [0.1, 0.15) is 50.2 Å². The van der Waals surface area contributed by atoms with Crippen molar-refractivity contribution in [2.24, 2.45) is 5.92 Å². The van der Waals surface area contributed by atoms with E-state index in [4.69, 9.17) is 0 Å². The molecule has 0 amide bonds. The third-order valence-corrected chi connectivity index (χ3v) is 5.05. The van der Waals surface area contributed by atoms with Gasteiger partial charge in [0.15, 0.2) is 0 Å². The van der Waals surface area contributed by atoms with Gasteiger partial charge in [0.1, 0.15) is 0 Å². The molecule has 0 spiro atoms. The van der Waals surface area contributed by atoms with Gasteiger partial charge in [-0.25, -0.2) is 0 Å². The van der Waals surface area contributed by atoms with Crippen LogP contribution < -0.4 is 0 Å². The van der Waals surface area contributed by atoms with Crippen molar-refractivity contribution >= 4 is 0 Å². The van der Waals surface area contributed by atoms with Crippen molar-refractivity contribution in [1.82, 2.24) is 0 Å². The van der Waals surface area contributed by atoms with E-state index in [-0.39, 0.29) is 0 Å². The van der Waals surface area contributed by atoms with Crippen LogP contribution in [0.15, 0.2) is 48.5 Å². The number of rotatable bonds is 5. The van der Waals surface area contributed by atoms with Gasteiger partial charge in [-0.05, 0) is 66.7 Å². The summed E-state index contributed by atoms with van der Waals surface area (Å²) < 4.78 is 0. The smallest absolute Gasteiger partial charge is 0.0184 e. The lowest BCUT2D eigenvalue weighted by molar-refractivity contribution is 0.381. The van der Waals surface area contributed by atoms with Crippen LogP contribution >= 0.6 is 0 Å². The van der Waals surface area contributed by atoms with Crippen molar-refractivity contribution in [3.05, 3.63) is 66.1 Å². The molecule has 3 rings (SSSR count). The van der Waals surface area contributed by atoms with Gasteiger partial charge in [0.2, 0.25) is 0 Å². The molecule has 1 aliphatic rings. The molecule has 0 aromatic heterocycles. The summed E-state index contributed by atoms with van der Waals surface area (Å²) in [5.74, 6) is 0.950. The lowest BCUT2D eigenvalue weighted by Gasteiger charge is -2.21. The predicted octanol–water partition coefficient (Wildman–Crippen LogP) is 6.24. The molecule has 1 radical (unpaired) electrons. The van der Waals surface area contributed by atoms with Crippen molar-refractivity contribution in [3.8, 4) is 11.1 Å². The van der Waals surface area contributed by atoms with E-state index in [1.165, 1.54) is 60.8 Å². The molecule has 0 unspecified atom stereocenters. The summed E-state index contributed by atoms with van der Waals surface area (Å²) in [5, 5.41) is 0. The maximum atomic E-state index is 2.45. The van der Waals surface area contributed by atoms with E-state index in [0.717, 1.165) is 12.3 Å². The summed E-state index contributed by atoms with van der Waals surface area (Å²) in [7, 11) is 0. The Hall–Kier alpha value is -1.56. The van der Waals surface area contributed by atoms with E-state index in [0.29, 0.717) is 0 Å². The van der Waals surface area contributed by atoms with Gasteiger partial charge < -0.3 is 0 Å². The third-order valence-electron chi connectivity index (χ3n) is 5.05. The minimum atomic E-state index is 0.950. The largest absolute Gasteiger partial charge is 0.0613 e. The van der Waals surface area contributed by atoms with Gasteiger partial charge in [-0.1, -0.05) is 68.3 Å². The fraction of sp³-hybridized carbons (Fsp3) is 0.409. The molecule has 22 heavy (non-hydrogen) atoms. The molecule has 0 saturated heterocycles. The molecular weight excluding hydrogens is 264 g/mol. The normalized spacial score (nSPS) is 15.9. The van der Waals surface area contributed by atoms with E-state index < -0.39 is 0 Å². The molecule has 1 fully saturated rings. The highest BCUT2D eigenvalue weighted by Gasteiger charge is 2.13. The van der Waals surface area contributed by atoms with Crippen molar-refractivity contribution in [2.75, 3.05) is 0 Å². The van der Waals surface area contributed by atoms with Crippen molar-refractivity contribution in [3.63, 3.8) is 0 Å². The van der Waals surface area contributed by atoms with Gasteiger partial charge in [-0.15, -0.1) is 0 Å². The first-order chi connectivity index (χ1) is 10.8. The summed E-state index contributed by atoms with van der Waals surface area (Å²) in [6, 6.07) is 18.2. The molecule has 2 aromatic rings. The average Bonchev–Trinajstić information content (AvgIpc) is 2.61. The van der Waals surface area contributed by atoms with Gasteiger partial charge in [-0.2, -0.15) is 0 Å². The van der Waals surface area contributed by atoms with Crippen LogP contribution in [0.5, 0.6) is 0 Å². The molecule has 0 heteroatoms. The lowest BCUT2D eigenvalue weighted by atomic mass is 9.85. The number of hydrogen-bond acceptors (Lipinski definition) is 0. The lowest BCUT2D eigenvalue weighted by Crippen LogP contribution is -2.07. The quantitative estimate of drug-likeness (QED) is 0.611. The average molecular weight is 291 g/mol. The minimum absolute atomic E-state index is 0.950. The second-order valence-corrected chi connectivity index (χ2v) is 6.60. The van der Waals surface area contributed by atoms with Gasteiger partial charge >= 0.3 is 0 Å². The molecule has 115 valence electrons. The van der Waals surface area contributed by atoms with Crippen LogP contribution in [-0.2, 0) is 12.8 Å². The first-order valence-electron chi connectivity index (χ1n) is 8.85. The topological polar surface area (TPSA) is 0 Å². The predicted molar refractivity (Wildman–Crippen MR) is 95.8 cm³/mol. The Morgan fingerprint density at radius 3 is 1.86 bits per heavy atom. The summed E-state index contributed by atoms with van der Waals surface area (Å²) in [5.41, 5.74) is 5.55. The maximum Gasteiger partial charge on any atom is -0.0184 e. The van der Waals surface area contributed by atoms with E-state index in [1.54, 1.807) is 0 Å². The Morgan fingerprint density at radius 1 is 0.773 bits per heavy atom. The van der Waals surface area contributed by atoms with E-state index >= 15 is 0 Å². The highest BCUT2D eigenvalue weighted by molar-refractivity contribution is 5.63. The number of aryl methyl sites for hydroxylation is 2. The highest BCUT2D eigenvalue weighted by Crippen LogP contribution is 2.27. The zero-order valence-corrected chi connectivity index (χ0v) is 13.7. The zero-order valence-electron chi connectivity index (χ0n) is 13.7. The van der Waals surface area contributed by atoms with Crippen LogP contribution in [0.3, 0.4) is 0 Å². The SMILES string of the molecule is CCc1ccc(-c2ccc(CCC3CC[CH]CC3)cc2)cc1. The second kappa shape index (κ2) is 7.63. The fourth-order valence-electron chi connectivity index (χ4n) is 3.45. The summed E-state index contributed by atoms with van der Waals surface area (Å²) in [6.45, 7) is 2.20. The van der Waals surface area contributed by atoms with Crippen molar-refractivity contribution in [2.45, 2.75) is 51.9 Å². The minimum Gasteiger partial charge on any atom is -0.0613 e. The molecule has 0 nitrogen and oxygen atoms in total. The first kappa shape index (κ1) is 15.3. The molecule has 0 bridgehead atoms. The van der Waals surface area contributed by atoms with Gasteiger partial charge in [0.25, 0.3) is 0 Å². The molecule has 0 N–H and O–H groups in total. The Labute approximate surface area is 135 Å². The second-order valence-electron chi connectivity index (χ2n) is 6.60. The Balaban J connectivity index is 1.59. The van der Waals surface area contributed by atoms with Crippen LogP contribution in [0.25, 0.3) is 11.1 Å². The van der Waals surface area contributed by atoms with Crippen LogP contribution in [0.2, 0.25) is 0 Å². The monoisotopic (exact) mass is 291 g/mol. The molecule has 0 heterocycles. The number of benzene rings is 2. The zero-order chi connectivity index (χ0) is 15.2. The molecule has 0 atom stereocenters. The fourth-order valence-corrected chi connectivity index (χ4v) is 3.45. The third kappa shape index (κ3) is 4.00. The van der Waals surface area contributed by atoms with E-state index in [1.807, 2.05) is 0 Å². The summed E-state index contributed by atoms with van der Waals surface area (Å²) >= 11 is 0. The van der Waals surface area contributed by atoms with Crippen LogP contribution in [0.4, 0.5) is 0 Å². The van der Waals surface area contributed by atoms with Crippen LogP contribution in [-0.4, -0.2) is 0 Å².